The summed E-state index contributed by atoms with van der Waals surface area (Å²) in [5.41, 5.74) is -0.974. The van der Waals surface area contributed by atoms with Crippen LogP contribution in [0.3, 0.4) is 0 Å². The standard InChI is InChI=1S/C18H12Cl2F3N3O/c19-12-3-1-11(2-4-12)10-26-16(27)9-15(18(21,22)23)25-17(26)24-14-7-5-13(20)6-8-14/h1-9H,10H2,(H,24,25). The van der Waals surface area contributed by atoms with E-state index in [0.717, 1.165) is 4.57 Å². The molecule has 0 radical (unpaired) electrons. The van der Waals surface area contributed by atoms with Gasteiger partial charge in [0.15, 0.2) is 5.69 Å². The normalized spacial score (nSPS) is 11.4. The van der Waals surface area contributed by atoms with Gasteiger partial charge in [-0.3, -0.25) is 9.36 Å². The molecule has 0 bridgehead atoms. The summed E-state index contributed by atoms with van der Waals surface area (Å²) in [6.45, 7) is 0.0249. The molecule has 4 nitrogen and oxygen atoms in total. The van der Waals surface area contributed by atoms with Crippen LogP contribution in [0, 0.1) is 0 Å². The van der Waals surface area contributed by atoms with Crippen molar-refractivity contribution in [3.05, 3.63) is 86.3 Å². The Morgan fingerprint density at radius 2 is 1.52 bits per heavy atom. The van der Waals surface area contributed by atoms with E-state index in [-0.39, 0.29) is 12.5 Å². The summed E-state index contributed by atoms with van der Waals surface area (Å²) in [4.78, 5) is 16.0. The quantitative estimate of drug-likeness (QED) is 0.625. The third-order valence-corrected chi connectivity index (χ3v) is 4.16. The average molecular weight is 414 g/mol. The lowest BCUT2D eigenvalue weighted by Gasteiger charge is -2.16. The SMILES string of the molecule is O=c1cc(C(F)(F)F)nc(Nc2ccc(Cl)cc2)n1Cc1ccc(Cl)cc1. The fraction of sp³-hybridized carbons (Fsp3) is 0.111. The Hall–Kier alpha value is -2.51. The third kappa shape index (κ3) is 4.81. The number of alkyl halides is 3. The van der Waals surface area contributed by atoms with Crippen LogP contribution in [0.25, 0.3) is 0 Å². The van der Waals surface area contributed by atoms with Crippen molar-refractivity contribution >= 4 is 34.8 Å². The van der Waals surface area contributed by atoms with E-state index in [1.165, 1.54) is 0 Å². The summed E-state index contributed by atoms with van der Waals surface area (Å²) in [6.07, 6.45) is -4.74. The van der Waals surface area contributed by atoms with Gasteiger partial charge in [-0.2, -0.15) is 13.2 Å². The number of rotatable bonds is 4. The van der Waals surface area contributed by atoms with Crippen molar-refractivity contribution in [2.45, 2.75) is 12.7 Å². The van der Waals surface area contributed by atoms with Crippen molar-refractivity contribution in [3.8, 4) is 0 Å². The smallest absolute Gasteiger partial charge is 0.326 e. The Labute approximate surface area is 162 Å². The molecule has 2 aromatic carbocycles. The van der Waals surface area contributed by atoms with Crippen LogP contribution in [0.2, 0.25) is 10.0 Å². The number of halogens is 5. The molecular weight excluding hydrogens is 402 g/mol. The zero-order valence-corrected chi connectivity index (χ0v) is 15.1. The molecule has 140 valence electrons. The lowest BCUT2D eigenvalue weighted by Crippen LogP contribution is -2.27. The minimum Gasteiger partial charge on any atom is -0.326 e. The van der Waals surface area contributed by atoms with Crippen LogP contribution >= 0.6 is 23.2 Å². The molecule has 1 heterocycles. The van der Waals surface area contributed by atoms with Crippen LogP contribution in [0.1, 0.15) is 11.3 Å². The Balaban J connectivity index is 2.05. The van der Waals surface area contributed by atoms with E-state index in [4.69, 9.17) is 23.2 Å². The molecule has 0 spiro atoms. The first kappa shape index (κ1) is 19.3. The zero-order valence-electron chi connectivity index (χ0n) is 13.6. The van der Waals surface area contributed by atoms with Gasteiger partial charge in [0, 0.05) is 21.8 Å². The highest BCUT2D eigenvalue weighted by Crippen LogP contribution is 2.28. The van der Waals surface area contributed by atoms with Crippen LogP contribution in [-0.2, 0) is 12.7 Å². The largest absolute Gasteiger partial charge is 0.433 e. The zero-order chi connectivity index (χ0) is 19.6. The number of aromatic nitrogens is 2. The summed E-state index contributed by atoms with van der Waals surface area (Å²) < 4.78 is 40.3. The van der Waals surface area contributed by atoms with Gasteiger partial charge in [-0.15, -0.1) is 0 Å². The summed E-state index contributed by atoms with van der Waals surface area (Å²) in [7, 11) is 0. The van der Waals surface area contributed by atoms with Crippen LogP contribution in [-0.4, -0.2) is 9.55 Å². The highest BCUT2D eigenvalue weighted by atomic mass is 35.5. The highest BCUT2D eigenvalue weighted by Gasteiger charge is 2.34. The Morgan fingerprint density at radius 3 is 2.07 bits per heavy atom. The molecule has 0 unspecified atom stereocenters. The lowest BCUT2D eigenvalue weighted by molar-refractivity contribution is -0.141. The van der Waals surface area contributed by atoms with Gasteiger partial charge < -0.3 is 5.32 Å². The minimum absolute atomic E-state index is 0.0249. The van der Waals surface area contributed by atoms with Crippen molar-refractivity contribution < 1.29 is 13.2 Å². The molecule has 9 heteroatoms. The monoisotopic (exact) mass is 413 g/mol. The first-order valence-electron chi connectivity index (χ1n) is 7.68. The fourth-order valence-corrected chi connectivity index (χ4v) is 2.59. The lowest BCUT2D eigenvalue weighted by atomic mass is 10.2. The van der Waals surface area contributed by atoms with Crippen molar-refractivity contribution in [1.29, 1.82) is 0 Å². The Bertz CT molecular complexity index is 1000. The van der Waals surface area contributed by atoms with Gasteiger partial charge >= 0.3 is 6.18 Å². The number of benzene rings is 2. The molecule has 0 fully saturated rings. The van der Waals surface area contributed by atoms with Crippen LogP contribution in [0.5, 0.6) is 0 Å². The van der Waals surface area contributed by atoms with Gasteiger partial charge in [-0.05, 0) is 42.0 Å². The van der Waals surface area contributed by atoms with Gasteiger partial charge in [0.05, 0.1) is 6.54 Å². The molecule has 3 rings (SSSR count). The average Bonchev–Trinajstić information content (AvgIpc) is 2.60. The summed E-state index contributed by atoms with van der Waals surface area (Å²) in [6, 6.07) is 13.4. The van der Waals surface area contributed by atoms with E-state index < -0.39 is 17.4 Å². The van der Waals surface area contributed by atoms with E-state index in [9.17, 15) is 18.0 Å². The second kappa shape index (κ2) is 7.62. The molecule has 0 saturated carbocycles. The van der Waals surface area contributed by atoms with E-state index in [0.29, 0.717) is 27.4 Å². The van der Waals surface area contributed by atoms with E-state index in [1.54, 1.807) is 48.5 Å². The number of hydrogen-bond acceptors (Lipinski definition) is 3. The predicted octanol–water partition coefficient (Wildman–Crippen LogP) is 5.36. The summed E-state index contributed by atoms with van der Waals surface area (Å²) in [5, 5.41) is 3.73. The first-order valence-corrected chi connectivity index (χ1v) is 8.44. The van der Waals surface area contributed by atoms with Gasteiger partial charge in [-0.1, -0.05) is 35.3 Å². The Morgan fingerprint density at radius 1 is 0.963 bits per heavy atom. The molecule has 0 aliphatic carbocycles. The molecule has 0 aliphatic rings. The maximum atomic E-state index is 13.1. The molecule has 0 aliphatic heterocycles. The predicted molar refractivity (Wildman–Crippen MR) is 98.8 cm³/mol. The maximum Gasteiger partial charge on any atom is 0.433 e. The number of nitrogens with zero attached hydrogens (tertiary/aromatic N) is 2. The molecule has 1 aromatic heterocycles. The second-order valence-corrected chi connectivity index (χ2v) is 6.52. The van der Waals surface area contributed by atoms with Crippen molar-refractivity contribution in [1.82, 2.24) is 9.55 Å². The molecule has 0 atom stereocenters. The molecule has 0 saturated heterocycles. The number of nitrogens with one attached hydrogen (secondary N) is 1. The molecular formula is C18H12Cl2F3N3O. The van der Waals surface area contributed by atoms with E-state index >= 15 is 0 Å². The topological polar surface area (TPSA) is 46.9 Å². The highest BCUT2D eigenvalue weighted by molar-refractivity contribution is 6.30. The van der Waals surface area contributed by atoms with Crippen molar-refractivity contribution in [3.63, 3.8) is 0 Å². The van der Waals surface area contributed by atoms with Gasteiger partial charge in [0.1, 0.15) is 0 Å². The number of hydrogen-bond donors (Lipinski definition) is 1. The fourth-order valence-electron chi connectivity index (χ4n) is 2.33. The third-order valence-electron chi connectivity index (χ3n) is 3.65. The van der Waals surface area contributed by atoms with Crippen LogP contribution in [0.4, 0.5) is 24.8 Å². The second-order valence-electron chi connectivity index (χ2n) is 5.65. The number of anilines is 2. The molecule has 1 N–H and O–H groups in total. The van der Waals surface area contributed by atoms with Crippen molar-refractivity contribution in [2.24, 2.45) is 0 Å². The van der Waals surface area contributed by atoms with Gasteiger partial charge in [0.25, 0.3) is 5.56 Å². The molecule has 0 amide bonds. The van der Waals surface area contributed by atoms with E-state index in [1.807, 2.05) is 0 Å². The Kier molecular flexibility index (Phi) is 5.43. The minimum atomic E-state index is -4.74. The first-order chi connectivity index (χ1) is 12.7. The molecule has 27 heavy (non-hydrogen) atoms. The summed E-state index contributed by atoms with van der Waals surface area (Å²) >= 11 is 11.7. The molecule has 3 aromatic rings. The van der Waals surface area contributed by atoms with Crippen LogP contribution in [0.15, 0.2) is 59.4 Å². The van der Waals surface area contributed by atoms with Gasteiger partial charge in [-0.25, -0.2) is 4.98 Å². The van der Waals surface area contributed by atoms with Crippen LogP contribution < -0.4 is 10.9 Å². The van der Waals surface area contributed by atoms with Gasteiger partial charge in [0.2, 0.25) is 5.95 Å². The van der Waals surface area contributed by atoms with Crippen molar-refractivity contribution in [2.75, 3.05) is 5.32 Å². The van der Waals surface area contributed by atoms with E-state index in [2.05, 4.69) is 10.3 Å². The summed E-state index contributed by atoms with van der Waals surface area (Å²) in [5.74, 6) is -0.230. The maximum absolute atomic E-state index is 13.1.